The third-order valence-electron chi connectivity index (χ3n) is 6.53. The number of rotatable bonds is 5. The van der Waals surface area contributed by atoms with Crippen LogP contribution in [0, 0.1) is 0 Å². The summed E-state index contributed by atoms with van der Waals surface area (Å²) < 4.78 is 1.65. The molecule has 1 aromatic carbocycles. The van der Waals surface area contributed by atoms with Crippen LogP contribution in [0.1, 0.15) is 30.0 Å². The molecule has 0 aliphatic carbocycles. The molecule has 32 heavy (non-hydrogen) atoms. The maximum absolute atomic E-state index is 12.7. The molecule has 2 fully saturated rings. The Bertz CT molecular complexity index is 1110. The van der Waals surface area contributed by atoms with Gasteiger partial charge in [-0.05, 0) is 49.2 Å². The Morgan fingerprint density at radius 1 is 1.03 bits per heavy atom. The second kappa shape index (κ2) is 9.22. The number of likely N-dealkylation sites (tertiary alicyclic amines) is 1. The lowest BCUT2D eigenvalue weighted by molar-refractivity contribution is 0.331. The molecule has 5 rings (SSSR count). The second-order valence-electron chi connectivity index (χ2n) is 8.75. The van der Waals surface area contributed by atoms with E-state index in [2.05, 4.69) is 44.4 Å². The average molecular weight is 431 g/mol. The van der Waals surface area contributed by atoms with E-state index >= 15 is 0 Å². The topological polar surface area (TPSA) is 66.3 Å². The van der Waals surface area contributed by atoms with Gasteiger partial charge in [0.2, 0.25) is 5.95 Å². The van der Waals surface area contributed by atoms with Gasteiger partial charge in [0.25, 0.3) is 5.56 Å². The quantitative estimate of drug-likeness (QED) is 0.671. The highest BCUT2D eigenvalue weighted by Gasteiger charge is 2.24. The average Bonchev–Trinajstić information content (AvgIpc) is 3.35. The number of pyridine rings is 1. The van der Waals surface area contributed by atoms with E-state index in [4.69, 9.17) is 4.98 Å². The van der Waals surface area contributed by atoms with E-state index in [0.29, 0.717) is 11.6 Å². The van der Waals surface area contributed by atoms with E-state index in [0.717, 1.165) is 31.7 Å². The number of benzene rings is 1. The first-order valence-electron chi connectivity index (χ1n) is 11.5. The Labute approximate surface area is 188 Å². The predicted molar refractivity (Wildman–Crippen MR) is 127 cm³/mol. The number of anilines is 1. The Kier molecular flexibility index (Phi) is 6.01. The van der Waals surface area contributed by atoms with Crippen molar-refractivity contribution < 1.29 is 0 Å². The lowest BCUT2D eigenvalue weighted by Crippen LogP contribution is -2.47. The van der Waals surface area contributed by atoms with Gasteiger partial charge in [0.05, 0.1) is 5.69 Å². The molecule has 2 aliphatic rings. The van der Waals surface area contributed by atoms with Crippen LogP contribution < -0.4 is 15.8 Å². The van der Waals surface area contributed by atoms with Crippen molar-refractivity contribution in [3.63, 3.8) is 0 Å². The van der Waals surface area contributed by atoms with Crippen LogP contribution in [0.15, 0.2) is 59.7 Å². The van der Waals surface area contributed by atoms with Crippen LogP contribution in [0.5, 0.6) is 0 Å². The fourth-order valence-electron chi connectivity index (χ4n) is 4.69. The molecule has 3 aromatic rings. The fraction of sp³-hybridized carbons (Fsp3) is 0.400. The minimum Gasteiger partial charge on any atom is -0.339 e. The molecular weight excluding hydrogens is 400 g/mol. The SMILES string of the molecule is Cn1c(N2CCN[C@H](c3ccc(CN4CCCC4)cc3)C2)nc(-c2ccncc2)cc1=O. The van der Waals surface area contributed by atoms with E-state index in [-0.39, 0.29) is 11.6 Å². The number of hydrogen-bond donors (Lipinski definition) is 1. The molecule has 0 amide bonds. The number of piperazine rings is 1. The van der Waals surface area contributed by atoms with Crippen LogP contribution in [0.3, 0.4) is 0 Å². The first-order chi connectivity index (χ1) is 15.7. The summed E-state index contributed by atoms with van der Waals surface area (Å²) in [6.45, 7) is 5.89. The van der Waals surface area contributed by atoms with Crippen molar-refractivity contribution in [2.24, 2.45) is 7.05 Å². The summed E-state index contributed by atoms with van der Waals surface area (Å²) in [6.07, 6.45) is 6.09. The Hall–Kier alpha value is -3.03. The van der Waals surface area contributed by atoms with Crippen molar-refractivity contribution in [1.29, 1.82) is 0 Å². The van der Waals surface area contributed by atoms with Gasteiger partial charge in [0.1, 0.15) is 0 Å². The number of nitrogens with one attached hydrogen (secondary N) is 1. The van der Waals surface area contributed by atoms with Crippen molar-refractivity contribution in [3.8, 4) is 11.3 Å². The van der Waals surface area contributed by atoms with Crippen LogP contribution >= 0.6 is 0 Å². The van der Waals surface area contributed by atoms with Crippen LogP contribution in [-0.4, -0.2) is 52.2 Å². The molecule has 7 nitrogen and oxygen atoms in total. The van der Waals surface area contributed by atoms with E-state index in [1.807, 2.05) is 12.1 Å². The van der Waals surface area contributed by atoms with Gasteiger partial charge in [0.15, 0.2) is 0 Å². The molecule has 0 spiro atoms. The van der Waals surface area contributed by atoms with Gasteiger partial charge in [-0.25, -0.2) is 4.98 Å². The summed E-state index contributed by atoms with van der Waals surface area (Å²) >= 11 is 0. The summed E-state index contributed by atoms with van der Waals surface area (Å²) in [5.41, 5.74) is 4.18. The maximum Gasteiger partial charge on any atom is 0.255 e. The lowest BCUT2D eigenvalue weighted by Gasteiger charge is -2.35. The fourth-order valence-corrected chi connectivity index (χ4v) is 4.69. The number of nitrogens with zero attached hydrogens (tertiary/aromatic N) is 5. The molecule has 0 bridgehead atoms. The molecule has 0 radical (unpaired) electrons. The monoisotopic (exact) mass is 430 g/mol. The maximum atomic E-state index is 12.7. The summed E-state index contributed by atoms with van der Waals surface area (Å²) in [6, 6.07) is 14.6. The summed E-state index contributed by atoms with van der Waals surface area (Å²) in [5.74, 6) is 0.710. The second-order valence-corrected chi connectivity index (χ2v) is 8.75. The summed E-state index contributed by atoms with van der Waals surface area (Å²) in [4.78, 5) is 26.3. The standard InChI is InChI=1S/C25H30N6O/c1-29-24(32)16-22(21-8-10-26-11-9-21)28-25(29)31-15-12-27-23(18-31)20-6-4-19(5-7-20)17-30-13-2-3-14-30/h4-11,16,23,27H,2-3,12-15,17-18H2,1H3/t23-/m0/s1. The molecule has 0 saturated carbocycles. The first kappa shape index (κ1) is 20.8. The Morgan fingerprint density at radius 2 is 1.78 bits per heavy atom. The van der Waals surface area contributed by atoms with Gasteiger partial charge >= 0.3 is 0 Å². The van der Waals surface area contributed by atoms with E-state index in [1.54, 1.807) is 30.1 Å². The largest absolute Gasteiger partial charge is 0.339 e. The highest BCUT2D eigenvalue weighted by Crippen LogP contribution is 2.24. The molecule has 1 N–H and O–H groups in total. The summed E-state index contributed by atoms with van der Waals surface area (Å²) in [7, 11) is 1.80. The van der Waals surface area contributed by atoms with Crippen LogP contribution in [-0.2, 0) is 13.6 Å². The van der Waals surface area contributed by atoms with Gasteiger partial charge in [-0.15, -0.1) is 0 Å². The Balaban J connectivity index is 1.35. The van der Waals surface area contributed by atoms with Crippen LogP contribution in [0.25, 0.3) is 11.3 Å². The normalized spacial score (nSPS) is 19.4. The molecule has 2 aromatic heterocycles. The van der Waals surface area contributed by atoms with Gasteiger partial charge in [-0.3, -0.25) is 19.2 Å². The number of aromatic nitrogens is 3. The molecule has 7 heteroatoms. The Morgan fingerprint density at radius 3 is 2.53 bits per heavy atom. The van der Waals surface area contributed by atoms with Crippen LogP contribution in [0.4, 0.5) is 5.95 Å². The highest BCUT2D eigenvalue weighted by molar-refractivity contribution is 5.59. The lowest BCUT2D eigenvalue weighted by atomic mass is 10.0. The molecule has 166 valence electrons. The van der Waals surface area contributed by atoms with Crippen molar-refractivity contribution in [2.45, 2.75) is 25.4 Å². The van der Waals surface area contributed by atoms with Crippen molar-refractivity contribution in [2.75, 3.05) is 37.6 Å². The molecule has 1 atom stereocenters. The zero-order chi connectivity index (χ0) is 21.9. The van der Waals surface area contributed by atoms with E-state index < -0.39 is 0 Å². The van der Waals surface area contributed by atoms with E-state index in [9.17, 15) is 4.79 Å². The van der Waals surface area contributed by atoms with Gasteiger partial charge in [-0.1, -0.05) is 24.3 Å². The molecule has 2 aliphatic heterocycles. The third kappa shape index (κ3) is 4.45. The zero-order valence-corrected chi connectivity index (χ0v) is 18.6. The minimum atomic E-state index is -0.0526. The smallest absolute Gasteiger partial charge is 0.255 e. The molecular formula is C25H30N6O. The third-order valence-corrected chi connectivity index (χ3v) is 6.53. The summed E-state index contributed by atoms with van der Waals surface area (Å²) in [5, 5.41) is 3.63. The van der Waals surface area contributed by atoms with Crippen molar-refractivity contribution in [1.82, 2.24) is 24.8 Å². The van der Waals surface area contributed by atoms with Crippen molar-refractivity contribution >= 4 is 5.95 Å². The molecule has 0 unspecified atom stereocenters. The van der Waals surface area contributed by atoms with Crippen LogP contribution in [0.2, 0.25) is 0 Å². The first-order valence-corrected chi connectivity index (χ1v) is 11.5. The minimum absolute atomic E-state index is 0.0526. The predicted octanol–water partition coefficient (Wildman–Crippen LogP) is 2.59. The number of hydrogen-bond acceptors (Lipinski definition) is 6. The van der Waals surface area contributed by atoms with Gasteiger partial charge in [0, 0.05) is 63.3 Å². The van der Waals surface area contributed by atoms with Crippen molar-refractivity contribution in [3.05, 3.63) is 76.3 Å². The van der Waals surface area contributed by atoms with E-state index in [1.165, 1.54) is 37.1 Å². The molecule has 2 saturated heterocycles. The zero-order valence-electron chi connectivity index (χ0n) is 18.6. The highest BCUT2D eigenvalue weighted by atomic mass is 16.1. The molecule has 4 heterocycles. The van der Waals surface area contributed by atoms with Gasteiger partial charge in [-0.2, -0.15) is 0 Å². The van der Waals surface area contributed by atoms with Gasteiger partial charge < -0.3 is 10.2 Å².